The molecule has 4 nitrogen and oxygen atoms in total. The van der Waals surface area contributed by atoms with E-state index in [0.717, 1.165) is 24.5 Å². The molecule has 1 aromatic rings. The van der Waals surface area contributed by atoms with Gasteiger partial charge in [0, 0.05) is 33.3 Å². The largest absolute Gasteiger partial charge is 0.379 e. The van der Waals surface area contributed by atoms with E-state index in [1.165, 1.54) is 6.07 Å². The summed E-state index contributed by atoms with van der Waals surface area (Å²) in [5, 5.41) is 3.26. The van der Waals surface area contributed by atoms with E-state index in [2.05, 4.69) is 10.3 Å². The Morgan fingerprint density at radius 1 is 1.39 bits per heavy atom. The van der Waals surface area contributed by atoms with Gasteiger partial charge in [-0.1, -0.05) is 12.1 Å². The van der Waals surface area contributed by atoms with E-state index in [1.807, 2.05) is 38.8 Å². The van der Waals surface area contributed by atoms with Crippen molar-refractivity contribution in [2.24, 2.45) is 4.99 Å². The lowest BCUT2D eigenvalue weighted by molar-refractivity contribution is 0.0782. The number of nitrogens with zero attached hydrogens (tertiary/aromatic N) is 2. The summed E-state index contributed by atoms with van der Waals surface area (Å²) in [4.78, 5) is 6.59. The second kappa shape index (κ2) is 12.5. The van der Waals surface area contributed by atoms with Crippen LogP contribution in [0.25, 0.3) is 0 Å². The summed E-state index contributed by atoms with van der Waals surface area (Å²) in [6.45, 7) is 8.94. The van der Waals surface area contributed by atoms with Crippen LogP contribution in [0.15, 0.2) is 29.3 Å². The van der Waals surface area contributed by atoms with Gasteiger partial charge in [0.15, 0.2) is 5.96 Å². The molecule has 0 spiro atoms. The normalized spacial score (nSPS) is 11.3. The van der Waals surface area contributed by atoms with Crippen LogP contribution >= 0.6 is 24.0 Å². The van der Waals surface area contributed by atoms with Gasteiger partial charge in [-0.3, -0.25) is 4.99 Å². The van der Waals surface area contributed by atoms with Crippen LogP contribution < -0.4 is 5.32 Å². The van der Waals surface area contributed by atoms with Crippen LogP contribution in [0.4, 0.5) is 4.39 Å². The highest BCUT2D eigenvalue weighted by molar-refractivity contribution is 14.0. The molecule has 0 saturated heterocycles. The second-order valence-electron chi connectivity index (χ2n) is 5.49. The van der Waals surface area contributed by atoms with Gasteiger partial charge in [-0.05, 0) is 44.9 Å². The van der Waals surface area contributed by atoms with Crippen LogP contribution in [0, 0.1) is 5.82 Å². The summed E-state index contributed by atoms with van der Waals surface area (Å²) in [5.74, 6) is 0.620. The fourth-order valence-corrected chi connectivity index (χ4v) is 2.02. The molecule has 0 heterocycles. The van der Waals surface area contributed by atoms with E-state index in [1.54, 1.807) is 12.1 Å². The third-order valence-electron chi connectivity index (χ3n) is 3.02. The fourth-order valence-electron chi connectivity index (χ4n) is 2.02. The molecular weight excluding hydrogens is 408 g/mol. The van der Waals surface area contributed by atoms with Crippen molar-refractivity contribution in [3.8, 4) is 0 Å². The predicted molar refractivity (Wildman–Crippen MR) is 105 cm³/mol. The van der Waals surface area contributed by atoms with Gasteiger partial charge in [0.1, 0.15) is 5.82 Å². The summed E-state index contributed by atoms with van der Waals surface area (Å²) in [7, 11) is 1.96. The zero-order chi connectivity index (χ0) is 16.4. The van der Waals surface area contributed by atoms with Gasteiger partial charge in [-0.15, -0.1) is 24.0 Å². The first-order valence-corrected chi connectivity index (χ1v) is 7.88. The monoisotopic (exact) mass is 437 g/mol. The van der Waals surface area contributed by atoms with Crippen LogP contribution in [-0.4, -0.2) is 43.7 Å². The zero-order valence-electron chi connectivity index (χ0n) is 14.5. The number of nitrogens with one attached hydrogen (secondary N) is 1. The quantitative estimate of drug-likeness (QED) is 0.292. The van der Waals surface area contributed by atoms with E-state index >= 15 is 0 Å². The molecule has 0 aliphatic carbocycles. The molecule has 0 aliphatic rings. The molecule has 0 aromatic heterocycles. The Balaban J connectivity index is 0.00000484. The molecule has 132 valence electrons. The third-order valence-corrected chi connectivity index (χ3v) is 3.02. The molecule has 23 heavy (non-hydrogen) atoms. The first-order chi connectivity index (χ1) is 10.5. The molecular formula is C17H29FIN3O. The average molecular weight is 437 g/mol. The summed E-state index contributed by atoms with van der Waals surface area (Å²) >= 11 is 0. The number of rotatable bonds is 8. The molecule has 0 saturated carbocycles. The van der Waals surface area contributed by atoms with Crippen LogP contribution in [0.1, 0.15) is 32.8 Å². The van der Waals surface area contributed by atoms with E-state index in [0.29, 0.717) is 19.7 Å². The van der Waals surface area contributed by atoms with E-state index in [9.17, 15) is 4.39 Å². The van der Waals surface area contributed by atoms with Crippen molar-refractivity contribution >= 4 is 29.9 Å². The number of hydrogen-bond acceptors (Lipinski definition) is 2. The third kappa shape index (κ3) is 9.76. The minimum absolute atomic E-state index is 0. The van der Waals surface area contributed by atoms with Crippen molar-refractivity contribution in [3.05, 3.63) is 35.6 Å². The Kier molecular flexibility index (Phi) is 12.0. The Morgan fingerprint density at radius 2 is 2.13 bits per heavy atom. The van der Waals surface area contributed by atoms with Crippen LogP contribution in [0.2, 0.25) is 0 Å². The Morgan fingerprint density at radius 3 is 2.74 bits per heavy atom. The molecule has 1 aromatic carbocycles. The van der Waals surface area contributed by atoms with Crippen molar-refractivity contribution in [2.75, 3.05) is 26.7 Å². The highest BCUT2D eigenvalue weighted by Crippen LogP contribution is 2.06. The van der Waals surface area contributed by atoms with Crippen molar-refractivity contribution < 1.29 is 9.13 Å². The smallest absolute Gasteiger partial charge is 0.193 e. The average Bonchev–Trinajstić information content (AvgIpc) is 2.45. The first-order valence-electron chi connectivity index (χ1n) is 7.88. The molecule has 0 unspecified atom stereocenters. The van der Waals surface area contributed by atoms with E-state index in [-0.39, 0.29) is 35.9 Å². The fraction of sp³-hybridized carbons (Fsp3) is 0.588. The van der Waals surface area contributed by atoms with Gasteiger partial charge >= 0.3 is 0 Å². The van der Waals surface area contributed by atoms with Gasteiger partial charge in [-0.25, -0.2) is 4.39 Å². The molecule has 0 aliphatic heterocycles. The molecule has 6 heteroatoms. The molecule has 0 amide bonds. The minimum atomic E-state index is -0.210. The summed E-state index contributed by atoms with van der Waals surface area (Å²) < 4.78 is 18.7. The minimum Gasteiger partial charge on any atom is -0.379 e. The number of aliphatic imine (C=N–C) groups is 1. The molecule has 0 fully saturated rings. The highest BCUT2D eigenvalue weighted by Gasteiger charge is 2.06. The number of hydrogen-bond donors (Lipinski definition) is 1. The summed E-state index contributed by atoms with van der Waals surface area (Å²) in [6, 6.07) is 6.65. The SMILES string of the molecule is CCNC(=NCCCOC(C)C)N(C)Cc1cccc(F)c1.I. The number of benzene rings is 1. The maximum Gasteiger partial charge on any atom is 0.193 e. The number of guanidine groups is 1. The predicted octanol–water partition coefficient (Wildman–Crippen LogP) is 3.66. The lowest BCUT2D eigenvalue weighted by Gasteiger charge is -2.22. The van der Waals surface area contributed by atoms with Gasteiger partial charge in [0.2, 0.25) is 0 Å². The Hall–Kier alpha value is -0.890. The topological polar surface area (TPSA) is 36.9 Å². The van der Waals surface area contributed by atoms with Gasteiger partial charge in [0.05, 0.1) is 6.10 Å². The van der Waals surface area contributed by atoms with Gasteiger partial charge in [0.25, 0.3) is 0 Å². The van der Waals surface area contributed by atoms with Crippen molar-refractivity contribution in [3.63, 3.8) is 0 Å². The highest BCUT2D eigenvalue weighted by atomic mass is 127. The molecule has 0 atom stereocenters. The maximum absolute atomic E-state index is 13.2. The van der Waals surface area contributed by atoms with Gasteiger partial charge < -0.3 is 15.0 Å². The van der Waals surface area contributed by atoms with Crippen LogP contribution in [0.3, 0.4) is 0 Å². The van der Waals surface area contributed by atoms with E-state index < -0.39 is 0 Å². The first kappa shape index (κ1) is 22.1. The number of ether oxygens (including phenoxy) is 1. The second-order valence-corrected chi connectivity index (χ2v) is 5.49. The van der Waals surface area contributed by atoms with Crippen LogP contribution in [0.5, 0.6) is 0 Å². The molecule has 0 bridgehead atoms. The van der Waals surface area contributed by atoms with Gasteiger partial charge in [-0.2, -0.15) is 0 Å². The standard InChI is InChI=1S/C17H28FN3O.HI/c1-5-19-17(20-10-7-11-22-14(2)3)21(4)13-15-8-6-9-16(18)12-15;/h6,8-9,12,14H,5,7,10-11,13H2,1-4H3,(H,19,20);1H. The molecule has 1 rings (SSSR count). The lowest BCUT2D eigenvalue weighted by atomic mass is 10.2. The molecule has 1 N–H and O–H groups in total. The van der Waals surface area contributed by atoms with Crippen LogP contribution in [-0.2, 0) is 11.3 Å². The lowest BCUT2D eigenvalue weighted by Crippen LogP contribution is -2.38. The van der Waals surface area contributed by atoms with Crippen molar-refractivity contribution in [2.45, 2.75) is 39.8 Å². The molecule has 0 radical (unpaired) electrons. The maximum atomic E-state index is 13.2. The van der Waals surface area contributed by atoms with E-state index in [4.69, 9.17) is 4.74 Å². The van der Waals surface area contributed by atoms with Crippen molar-refractivity contribution in [1.29, 1.82) is 0 Å². The Bertz CT molecular complexity index is 469. The summed E-state index contributed by atoms with van der Waals surface area (Å²) in [5.41, 5.74) is 0.927. The summed E-state index contributed by atoms with van der Waals surface area (Å²) in [6.07, 6.45) is 1.15. The number of halogens is 2. The zero-order valence-corrected chi connectivity index (χ0v) is 16.8. The Labute approximate surface area is 156 Å². The van der Waals surface area contributed by atoms with Crippen molar-refractivity contribution in [1.82, 2.24) is 10.2 Å².